The van der Waals surface area contributed by atoms with Crippen LogP contribution in [-0.4, -0.2) is 34.4 Å². The largest absolute Gasteiger partial charge is 0.461 e. The summed E-state index contributed by atoms with van der Waals surface area (Å²) < 4.78 is 6.27. The summed E-state index contributed by atoms with van der Waals surface area (Å²) in [4.78, 5) is 38.5. The van der Waals surface area contributed by atoms with Crippen LogP contribution in [0, 0.1) is 0 Å². The number of thiophene rings is 1. The molecule has 2 heterocycles. The van der Waals surface area contributed by atoms with E-state index in [0.717, 1.165) is 30.4 Å². The number of ether oxygens (including phenoxy) is 1. The van der Waals surface area contributed by atoms with Crippen LogP contribution in [0.2, 0.25) is 5.02 Å². The van der Waals surface area contributed by atoms with Gasteiger partial charge in [0.1, 0.15) is 5.00 Å². The molecule has 0 aliphatic heterocycles. The van der Waals surface area contributed by atoms with Gasteiger partial charge < -0.3 is 10.1 Å². The van der Waals surface area contributed by atoms with Crippen molar-refractivity contribution in [3.63, 3.8) is 0 Å². The van der Waals surface area contributed by atoms with E-state index in [0.29, 0.717) is 21.1 Å². The first-order chi connectivity index (χ1) is 15.5. The van der Waals surface area contributed by atoms with Crippen LogP contribution < -0.4 is 16.2 Å². The van der Waals surface area contributed by atoms with E-state index in [9.17, 15) is 14.4 Å². The van der Waals surface area contributed by atoms with Crippen molar-refractivity contribution >= 4 is 50.7 Å². The van der Waals surface area contributed by atoms with Crippen molar-refractivity contribution in [2.24, 2.45) is 0 Å². The topological polar surface area (TPSA) is 102 Å². The normalized spacial score (nSPS) is 14.3. The maximum absolute atomic E-state index is 13.4. The minimum Gasteiger partial charge on any atom is -0.461 e. The summed E-state index contributed by atoms with van der Waals surface area (Å²) in [5.41, 5.74) is -0.00590. The summed E-state index contributed by atoms with van der Waals surface area (Å²) in [5.74, 6) is -0.642. The van der Waals surface area contributed by atoms with Gasteiger partial charge in [0.15, 0.2) is 5.69 Å². The Bertz CT molecular complexity index is 1200. The first-order valence-electron chi connectivity index (χ1n) is 10.5. The molecule has 8 nitrogen and oxygen atoms in total. The number of carbonyl (C=O) groups excluding carboxylic acids is 2. The molecule has 4 rings (SSSR count). The minimum atomic E-state index is -0.642. The Kier molecular flexibility index (Phi) is 6.76. The molecule has 0 saturated heterocycles. The Hall–Kier alpha value is -2.91. The number of fused-ring (bicyclic) bond motifs is 1. The van der Waals surface area contributed by atoms with E-state index >= 15 is 0 Å². The van der Waals surface area contributed by atoms with Crippen LogP contribution in [0.15, 0.2) is 34.4 Å². The van der Waals surface area contributed by atoms with Gasteiger partial charge in [-0.05, 0) is 44.0 Å². The number of halogens is 1. The lowest BCUT2D eigenvalue weighted by atomic mass is 9.96. The molecule has 2 N–H and O–H groups in total. The van der Waals surface area contributed by atoms with Crippen molar-refractivity contribution in [3.8, 4) is 5.69 Å². The van der Waals surface area contributed by atoms with Crippen molar-refractivity contribution in [2.45, 2.75) is 45.1 Å². The van der Waals surface area contributed by atoms with Gasteiger partial charge in [-0.15, -0.1) is 11.3 Å². The van der Waals surface area contributed by atoms with Gasteiger partial charge in [-0.1, -0.05) is 30.9 Å². The highest BCUT2D eigenvalue weighted by Gasteiger charge is 2.24. The zero-order chi connectivity index (χ0) is 22.7. The molecule has 1 aliphatic carbocycles. The maximum Gasteiger partial charge on any atom is 0.359 e. The van der Waals surface area contributed by atoms with Gasteiger partial charge in [0.05, 0.1) is 17.7 Å². The van der Waals surface area contributed by atoms with Crippen molar-refractivity contribution in [1.82, 2.24) is 15.1 Å². The summed E-state index contributed by atoms with van der Waals surface area (Å²) >= 11 is 7.14. The van der Waals surface area contributed by atoms with Crippen LogP contribution in [0.5, 0.6) is 0 Å². The smallest absolute Gasteiger partial charge is 0.359 e. The highest BCUT2D eigenvalue weighted by atomic mass is 35.5. The van der Waals surface area contributed by atoms with Gasteiger partial charge in [0.2, 0.25) is 0 Å². The van der Waals surface area contributed by atoms with Gasteiger partial charge in [-0.25, -0.2) is 9.59 Å². The number of rotatable bonds is 5. The molecule has 3 aromatic rings. The summed E-state index contributed by atoms with van der Waals surface area (Å²) in [6.07, 6.45) is 5.25. The number of hydrogen-bond donors (Lipinski definition) is 2. The lowest BCUT2D eigenvalue weighted by Gasteiger charge is -2.22. The molecule has 0 radical (unpaired) electrons. The fourth-order valence-electron chi connectivity index (χ4n) is 3.82. The van der Waals surface area contributed by atoms with Crippen molar-refractivity contribution in [1.29, 1.82) is 0 Å². The lowest BCUT2D eigenvalue weighted by molar-refractivity contribution is 0.0520. The number of aromatic nitrogens is 2. The SMILES string of the molecule is CCOC(=O)c1nn(-c2ccc(Cl)cc2)c(=O)c2c(NC(=O)NC3CCCCC3)scc12. The Balaban J connectivity index is 1.75. The van der Waals surface area contributed by atoms with Crippen molar-refractivity contribution in [3.05, 3.63) is 50.7 Å². The average molecular weight is 475 g/mol. The number of urea groups is 1. The highest BCUT2D eigenvalue weighted by molar-refractivity contribution is 7.16. The van der Waals surface area contributed by atoms with Gasteiger partial charge >= 0.3 is 12.0 Å². The van der Waals surface area contributed by atoms with Crippen LogP contribution in [0.4, 0.5) is 9.80 Å². The molecule has 1 aliphatic rings. The average Bonchev–Trinajstić information content (AvgIpc) is 3.19. The van der Waals surface area contributed by atoms with E-state index < -0.39 is 11.5 Å². The van der Waals surface area contributed by atoms with E-state index in [1.54, 1.807) is 36.6 Å². The number of nitrogens with zero attached hydrogens (tertiary/aromatic N) is 2. The van der Waals surface area contributed by atoms with Gasteiger partial charge in [-0.3, -0.25) is 10.1 Å². The monoisotopic (exact) mass is 474 g/mol. The van der Waals surface area contributed by atoms with Crippen LogP contribution >= 0.6 is 22.9 Å². The third-order valence-corrected chi connectivity index (χ3v) is 6.51. The number of esters is 1. The second-order valence-electron chi connectivity index (χ2n) is 7.55. The molecule has 0 atom stereocenters. The molecule has 168 valence electrons. The molecule has 0 bridgehead atoms. The first-order valence-corrected chi connectivity index (χ1v) is 11.8. The fraction of sp³-hybridized carbons (Fsp3) is 0.364. The maximum atomic E-state index is 13.4. The van der Waals surface area contributed by atoms with E-state index in [2.05, 4.69) is 15.7 Å². The van der Waals surface area contributed by atoms with Crippen molar-refractivity contribution in [2.75, 3.05) is 11.9 Å². The highest BCUT2D eigenvalue weighted by Crippen LogP contribution is 2.31. The zero-order valence-electron chi connectivity index (χ0n) is 17.5. The summed E-state index contributed by atoms with van der Waals surface area (Å²) in [7, 11) is 0. The molecule has 0 unspecified atom stereocenters. The zero-order valence-corrected chi connectivity index (χ0v) is 19.1. The number of carbonyl (C=O) groups is 2. The van der Waals surface area contributed by atoms with Crippen LogP contribution in [-0.2, 0) is 4.74 Å². The molecule has 0 spiro atoms. The standard InChI is InChI=1S/C22H23ClN4O4S/c1-2-31-21(29)18-16-12-32-19(25-22(30)24-14-6-4-3-5-7-14)17(16)20(28)27(26-18)15-10-8-13(23)9-11-15/h8-12,14H,2-7H2,1H3,(H2,24,25,30). The lowest BCUT2D eigenvalue weighted by Crippen LogP contribution is -2.39. The van der Waals surface area contributed by atoms with Crippen LogP contribution in [0.3, 0.4) is 0 Å². The number of hydrogen-bond acceptors (Lipinski definition) is 6. The fourth-order valence-corrected chi connectivity index (χ4v) is 4.88. The Morgan fingerprint density at radius 1 is 1.22 bits per heavy atom. The Morgan fingerprint density at radius 3 is 2.62 bits per heavy atom. The second-order valence-corrected chi connectivity index (χ2v) is 8.87. The molecule has 10 heteroatoms. The summed E-state index contributed by atoms with van der Waals surface area (Å²) in [6, 6.07) is 6.28. The first kappa shape index (κ1) is 22.3. The molecule has 2 aromatic heterocycles. The molecule has 1 fully saturated rings. The molecule has 32 heavy (non-hydrogen) atoms. The van der Waals surface area contributed by atoms with E-state index in [1.165, 1.54) is 17.8 Å². The third-order valence-electron chi connectivity index (χ3n) is 5.36. The second kappa shape index (κ2) is 9.70. The molecule has 1 saturated carbocycles. The number of amides is 2. The van der Waals surface area contributed by atoms with Gasteiger partial charge in [0.25, 0.3) is 5.56 Å². The predicted molar refractivity (Wildman–Crippen MR) is 125 cm³/mol. The molecular weight excluding hydrogens is 452 g/mol. The minimum absolute atomic E-state index is 0.00777. The van der Waals surface area contributed by atoms with Crippen LogP contribution in [0.1, 0.15) is 49.5 Å². The van der Waals surface area contributed by atoms with E-state index in [4.69, 9.17) is 16.3 Å². The number of benzene rings is 1. The van der Waals surface area contributed by atoms with Crippen molar-refractivity contribution < 1.29 is 14.3 Å². The van der Waals surface area contributed by atoms with E-state index in [1.807, 2.05) is 0 Å². The summed E-state index contributed by atoms with van der Waals surface area (Å²) in [5, 5.41) is 13.1. The number of anilines is 1. The van der Waals surface area contributed by atoms with Gasteiger partial charge in [-0.2, -0.15) is 9.78 Å². The molecular formula is C22H23ClN4O4S. The summed E-state index contributed by atoms with van der Waals surface area (Å²) in [6.45, 7) is 1.86. The molecule has 1 aromatic carbocycles. The Labute approximate surface area is 193 Å². The van der Waals surface area contributed by atoms with Crippen LogP contribution in [0.25, 0.3) is 16.5 Å². The third kappa shape index (κ3) is 4.63. The predicted octanol–water partition coefficient (Wildman–Crippen LogP) is 4.73. The number of nitrogens with one attached hydrogen (secondary N) is 2. The van der Waals surface area contributed by atoms with Gasteiger partial charge in [0, 0.05) is 21.8 Å². The molecule has 2 amide bonds. The Morgan fingerprint density at radius 2 is 1.94 bits per heavy atom. The van der Waals surface area contributed by atoms with E-state index in [-0.39, 0.29) is 29.8 Å². The quantitative estimate of drug-likeness (QED) is 0.520.